The van der Waals surface area contributed by atoms with Crippen LogP contribution in [-0.2, 0) is 0 Å². The maximum absolute atomic E-state index is 4.46. The fourth-order valence-electron chi connectivity index (χ4n) is 2.57. The first-order valence-corrected chi connectivity index (χ1v) is 8.71. The zero-order valence-corrected chi connectivity index (χ0v) is 13.6. The normalized spacial score (nSPS) is 19.1. The summed E-state index contributed by atoms with van der Waals surface area (Å²) >= 11 is 2.09. The van der Waals surface area contributed by atoms with Crippen LogP contribution >= 0.6 is 11.8 Å². The molecule has 1 aliphatic rings. The smallest absolute Gasteiger partial charge is 0.135 e. The number of hydrogen-bond acceptors (Lipinski definition) is 5. The Kier molecular flexibility index (Phi) is 5.95. The summed E-state index contributed by atoms with van der Waals surface area (Å²) in [7, 11) is 0. The lowest BCUT2D eigenvalue weighted by Gasteiger charge is -2.23. The molecule has 5 heteroatoms. The van der Waals surface area contributed by atoms with E-state index < -0.39 is 0 Å². The molecule has 1 atom stereocenters. The third-order valence-corrected chi connectivity index (χ3v) is 4.97. The monoisotopic (exact) mass is 294 g/mol. The molecule has 0 bridgehead atoms. The summed E-state index contributed by atoms with van der Waals surface area (Å²) in [5, 5.41) is 7.61. The highest BCUT2D eigenvalue weighted by molar-refractivity contribution is 7.99. The molecule has 1 aliphatic heterocycles. The Morgan fingerprint density at radius 2 is 2.00 bits per heavy atom. The van der Waals surface area contributed by atoms with Gasteiger partial charge in [0.2, 0.25) is 0 Å². The topological polar surface area (TPSA) is 49.8 Å². The molecule has 2 N–H and O–H groups in total. The van der Waals surface area contributed by atoms with Crippen molar-refractivity contribution in [3.8, 4) is 0 Å². The predicted molar refractivity (Wildman–Crippen MR) is 88.9 cm³/mol. The standard InChI is InChI=1S/C15H26N4S/c1-4-16-14-13(11(2)3)15(19-10-18-14)17-9-12-7-5-6-8-20-12/h10-12H,4-9H2,1-3H3,(H2,16,17,18,19). The first-order valence-electron chi connectivity index (χ1n) is 7.66. The molecule has 0 saturated carbocycles. The summed E-state index contributed by atoms with van der Waals surface area (Å²) < 4.78 is 0. The first-order chi connectivity index (χ1) is 9.72. The lowest BCUT2D eigenvalue weighted by atomic mass is 10.0. The maximum atomic E-state index is 4.46. The molecule has 1 aromatic rings. The van der Waals surface area contributed by atoms with E-state index in [1.807, 2.05) is 0 Å². The van der Waals surface area contributed by atoms with Crippen molar-refractivity contribution in [1.82, 2.24) is 9.97 Å². The van der Waals surface area contributed by atoms with Gasteiger partial charge in [0.15, 0.2) is 0 Å². The molecular formula is C15H26N4S. The Labute approximate surface area is 126 Å². The first kappa shape index (κ1) is 15.4. The van der Waals surface area contributed by atoms with Crippen LogP contribution in [0.5, 0.6) is 0 Å². The van der Waals surface area contributed by atoms with Crippen molar-refractivity contribution in [2.24, 2.45) is 0 Å². The van der Waals surface area contributed by atoms with E-state index in [0.29, 0.717) is 5.92 Å². The van der Waals surface area contributed by atoms with Gasteiger partial charge in [-0.2, -0.15) is 11.8 Å². The van der Waals surface area contributed by atoms with Crippen LogP contribution in [0.15, 0.2) is 6.33 Å². The summed E-state index contributed by atoms with van der Waals surface area (Å²) in [6.45, 7) is 8.37. The van der Waals surface area contributed by atoms with E-state index in [4.69, 9.17) is 0 Å². The molecule has 1 aromatic heterocycles. The van der Waals surface area contributed by atoms with Crippen molar-refractivity contribution in [1.29, 1.82) is 0 Å². The summed E-state index contributed by atoms with van der Waals surface area (Å²) in [4.78, 5) is 8.83. The van der Waals surface area contributed by atoms with E-state index in [1.54, 1.807) is 6.33 Å². The van der Waals surface area contributed by atoms with Crippen LogP contribution in [0.2, 0.25) is 0 Å². The molecule has 0 spiro atoms. The number of hydrogen-bond donors (Lipinski definition) is 2. The molecule has 0 radical (unpaired) electrons. The predicted octanol–water partition coefficient (Wildman–Crippen LogP) is 3.73. The highest BCUT2D eigenvalue weighted by atomic mass is 32.2. The van der Waals surface area contributed by atoms with Gasteiger partial charge in [-0.25, -0.2) is 9.97 Å². The highest BCUT2D eigenvalue weighted by Crippen LogP contribution is 2.30. The van der Waals surface area contributed by atoms with Crippen LogP contribution in [0.4, 0.5) is 11.6 Å². The third-order valence-electron chi connectivity index (χ3n) is 3.58. The number of anilines is 2. The number of nitrogens with zero attached hydrogens (tertiary/aromatic N) is 2. The molecule has 0 aromatic carbocycles. The van der Waals surface area contributed by atoms with Crippen LogP contribution in [0, 0.1) is 0 Å². The van der Waals surface area contributed by atoms with Crippen molar-refractivity contribution < 1.29 is 0 Å². The lowest BCUT2D eigenvalue weighted by molar-refractivity contribution is 0.676. The van der Waals surface area contributed by atoms with Gasteiger partial charge in [0, 0.05) is 23.9 Å². The SMILES string of the molecule is CCNc1ncnc(NCC2CCCCS2)c1C(C)C. The molecule has 1 fully saturated rings. The van der Waals surface area contributed by atoms with Gasteiger partial charge in [0.25, 0.3) is 0 Å². The second kappa shape index (κ2) is 7.72. The summed E-state index contributed by atoms with van der Waals surface area (Å²) in [5.74, 6) is 3.68. The number of rotatable bonds is 6. The number of nitrogens with one attached hydrogen (secondary N) is 2. The van der Waals surface area contributed by atoms with E-state index in [9.17, 15) is 0 Å². The fraction of sp³-hybridized carbons (Fsp3) is 0.733. The largest absolute Gasteiger partial charge is 0.370 e. The van der Waals surface area contributed by atoms with Crippen LogP contribution in [0.25, 0.3) is 0 Å². The Bertz CT molecular complexity index is 416. The van der Waals surface area contributed by atoms with Gasteiger partial charge in [-0.3, -0.25) is 0 Å². The Hall–Kier alpha value is -0.970. The molecule has 1 saturated heterocycles. The molecule has 1 unspecified atom stereocenters. The van der Waals surface area contributed by atoms with Gasteiger partial charge < -0.3 is 10.6 Å². The molecule has 112 valence electrons. The molecule has 0 amide bonds. The second-order valence-electron chi connectivity index (χ2n) is 5.54. The molecular weight excluding hydrogens is 268 g/mol. The van der Waals surface area contributed by atoms with E-state index in [2.05, 4.69) is 53.1 Å². The zero-order valence-electron chi connectivity index (χ0n) is 12.8. The molecule has 2 rings (SSSR count). The number of thioether (sulfide) groups is 1. The Morgan fingerprint density at radius 1 is 1.25 bits per heavy atom. The van der Waals surface area contributed by atoms with Crippen LogP contribution < -0.4 is 10.6 Å². The molecule has 20 heavy (non-hydrogen) atoms. The van der Waals surface area contributed by atoms with E-state index in [0.717, 1.165) is 30.0 Å². The van der Waals surface area contributed by atoms with Crippen molar-refractivity contribution >= 4 is 23.4 Å². The third kappa shape index (κ3) is 4.01. The minimum Gasteiger partial charge on any atom is -0.370 e. The zero-order chi connectivity index (χ0) is 14.4. The highest BCUT2D eigenvalue weighted by Gasteiger charge is 2.17. The second-order valence-corrected chi connectivity index (χ2v) is 6.95. The average Bonchev–Trinajstić information content (AvgIpc) is 2.46. The molecule has 0 aliphatic carbocycles. The van der Waals surface area contributed by atoms with E-state index in [1.165, 1.54) is 30.6 Å². The lowest BCUT2D eigenvalue weighted by Crippen LogP contribution is -2.21. The minimum absolute atomic E-state index is 0.409. The van der Waals surface area contributed by atoms with Crippen molar-refractivity contribution in [2.75, 3.05) is 29.5 Å². The molecule has 2 heterocycles. The van der Waals surface area contributed by atoms with Gasteiger partial charge in [0.05, 0.1) is 0 Å². The van der Waals surface area contributed by atoms with Crippen molar-refractivity contribution in [3.05, 3.63) is 11.9 Å². The van der Waals surface area contributed by atoms with Crippen molar-refractivity contribution in [2.45, 2.75) is 51.2 Å². The maximum Gasteiger partial charge on any atom is 0.135 e. The van der Waals surface area contributed by atoms with Gasteiger partial charge in [-0.1, -0.05) is 20.3 Å². The summed E-state index contributed by atoms with van der Waals surface area (Å²) in [5.41, 5.74) is 1.20. The Balaban J connectivity index is 2.07. The van der Waals surface area contributed by atoms with Gasteiger partial charge in [0.1, 0.15) is 18.0 Å². The Morgan fingerprint density at radius 3 is 2.60 bits per heavy atom. The average molecular weight is 294 g/mol. The van der Waals surface area contributed by atoms with Crippen LogP contribution in [-0.4, -0.2) is 34.1 Å². The van der Waals surface area contributed by atoms with Gasteiger partial charge in [-0.05, 0) is 31.4 Å². The van der Waals surface area contributed by atoms with Crippen LogP contribution in [0.1, 0.15) is 51.5 Å². The van der Waals surface area contributed by atoms with Crippen molar-refractivity contribution in [3.63, 3.8) is 0 Å². The minimum atomic E-state index is 0.409. The van der Waals surface area contributed by atoms with Crippen LogP contribution in [0.3, 0.4) is 0 Å². The fourth-order valence-corrected chi connectivity index (χ4v) is 3.81. The quantitative estimate of drug-likeness (QED) is 0.837. The molecule has 4 nitrogen and oxygen atoms in total. The van der Waals surface area contributed by atoms with Gasteiger partial charge >= 0.3 is 0 Å². The van der Waals surface area contributed by atoms with Gasteiger partial charge in [-0.15, -0.1) is 0 Å². The van der Waals surface area contributed by atoms with E-state index >= 15 is 0 Å². The summed E-state index contributed by atoms with van der Waals surface area (Å²) in [6, 6.07) is 0. The summed E-state index contributed by atoms with van der Waals surface area (Å²) in [6.07, 6.45) is 5.71. The number of aromatic nitrogens is 2. The van der Waals surface area contributed by atoms with E-state index in [-0.39, 0.29) is 0 Å².